The molecule has 34 nitrogen and oxygen atoms in total. The maximum atomic E-state index is 15.9. The Morgan fingerprint density at radius 2 is 1.26 bits per heavy atom. The van der Waals surface area contributed by atoms with Crippen molar-refractivity contribution in [3.05, 3.63) is 44.7 Å². The summed E-state index contributed by atoms with van der Waals surface area (Å²) in [5.41, 5.74) is 8.11. The molecule has 2 aliphatic heterocycles. The van der Waals surface area contributed by atoms with Crippen molar-refractivity contribution in [3.63, 3.8) is 0 Å². The van der Waals surface area contributed by atoms with Gasteiger partial charge in [0, 0.05) is 5.69 Å². The summed E-state index contributed by atoms with van der Waals surface area (Å²) in [7, 11) is -35.5. The number of aryl methyl sites for hydroxylation is 1. The molecule has 2 fully saturated rings. The van der Waals surface area contributed by atoms with Gasteiger partial charge >= 0.3 is 58.3 Å². The number of hydrogen-bond acceptors (Lipinski definition) is 24. The normalized spacial score (nSPS) is 30.4. The Balaban J connectivity index is 1.67. The average Bonchev–Trinajstić information content (AvgIpc) is 3.54. The van der Waals surface area contributed by atoms with E-state index in [1.807, 2.05) is 5.92 Å². The lowest BCUT2D eigenvalue weighted by Gasteiger charge is -2.34. The number of nitrogens with one attached hydrogen (secondary N) is 2. The van der Waals surface area contributed by atoms with E-state index in [-0.39, 0.29) is 16.1 Å². The standard InChI is InChI=1S/C25H37FN8O26P6/c1-6-24(28)17(35)15(11(4)55-63(45,46)59-65(49,50)57-61(39,40)41)53-20(24)33-9-13(26)19(30-22(33)37)31-32-25(7-2)18(36)16(54-21(25)34-10(3)8-14(27)29-23(34)38)12(5)56-64(47,48)60-66(51,52)58-62(42,43)44/h1-2,8-9,11-12,15-18,20-21,32,35-36H,28H2,3-5H3,(H,45,46)(H,47,48)(H,49,50)(H,51,52)(H2,27,29,38)(H,30,31,37)(H2,39,40,41)(H2,42,43,44)/t11-,12+,15-,16-,17+,18+,20-,21-,24?,25?/m1/s1. The molecule has 370 valence electrons. The quantitative estimate of drug-likeness (QED) is 0.0382. The summed E-state index contributed by atoms with van der Waals surface area (Å²) >= 11 is 0. The minimum absolute atomic E-state index is 0.0913. The molecule has 0 aliphatic carbocycles. The van der Waals surface area contributed by atoms with Crippen LogP contribution in [0.2, 0.25) is 0 Å². The lowest BCUT2D eigenvalue weighted by molar-refractivity contribution is -0.0763. The zero-order valence-corrected chi connectivity index (χ0v) is 38.3. The fourth-order valence-electron chi connectivity index (χ4n) is 6.19. The summed E-state index contributed by atoms with van der Waals surface area (Å²) in [6.45, 7) is 2.97. The molecule has 2 saturated heterocycles. The Labute approximate surface area is 366 Å². The molecular formula is C25H37FN8O26P6. The number of aromatic nitrogens is 4. The largest absolute Gasteiger partial charge is 0.490 e. The van der Waals surface area contributed by atoms with Crippen LogP contribution in [0.15, 0.2) is 21.9 Å². The molecule has 0 radical (unpaired) electrons. The molecule has 66 heavy (non-hydrogen) atoms. The molecule has 0 saturated carbocycles. The van der Waals surface area contributed by atoms with Crippen LogP contribution in [-0.2, 0) is 63.2 Å². The molecular weight excluding hydrogens is 1030 g/mol. The first kappa shape index (κ1) is 55.6. The van der Waals surface area contributed by atoms with Gasteiger partial charge in [-0.05, 0) is 26.8 Å². The highest BCUT2D eigenvalue weighted by molar-refractivity contribution is 7.67. The number of nitrogens with zero attached hydrogens (tertiary/aromatic N) is 4. The molecule has 14 atom stereocenters. The molecule has 0 spiro atoms. The Morgan fingerprint density at radius 1 is 0.788 bits per heavy atom. The van der Waals surface area contributed by atoms with E-state index in [0.29, 0.717) is 10.8 Å². The van der Waals surface area contributed by atoms with Crippen LogP contribution in [-0.4, -0.2) is 116 Å². The minimum Gasteiger partial charge on any atom is -0.387 e. The number of aliphatic hydroxyl groups excluding tert-OH is 2. The van der Waals surface area contributed by atoms with Gasteiger partial charge in [0.15, 0.2) is 35.2 Å². The average molecular weight is 1070 g/mol. The summed E-state index contributed by atoms with van der Waals surface area (Å²) in [6, 6.07) is 1.11. The Hall–Kier alpha value is -3.01. The lowest BCUT2D eigenvalue weighted by Crippen LogP contribution is -2.60. The second kappa shape index (κ2) is 19.4. The van der Waals surface area contributed by atoms with Gasteiger partial charge in [-0.15, -0.1) is 12.8 Å². The van der Waals surface area contributed by atoms with Crippen molar-refractivity contribution in [2.24, 2.45) is 5.73 Å². The van der Waals surface area contributed by atoms with Gasteiger partial charge in [0.25, 0.3) is 0 Å². The van der Waals surface area contributed by atoms with E-state index in [9.17, 15) is 66.8 Å². The van der Waals surface area contributed by atoms with Crippen LogP contribution in [0, 0.1) is 37.4 Å². The van der Waals surface area contributed by atoms with Gasteiger partial charge in [-0.2, -0.15) is 27.2 Å². The topological polar surface area (TPSA) is 524 Å². The monoisotopic (exact) mass is 1070 g/mol. The Bertz CT molecular complexity index is 2720. The lowest BCUT2D eigenvalue weighted by atomic mass is 9.89. The second-order valence-electron chi connectivity index (χ2n) is 13.5. The van der Waals surface area contributed by atoms with E-state index >= 15 is 4.39 Å². The molecule has 16 N–H and O–H groups in total. The molecule has 4 rings (SSSR count). The summed E-state index contributed by atoms with van der Waals surface area (Å²) in [6.07, 6.45) is -5.14. The van der Waals surface area contributed by atoms with Gasteiger partial charge in [-0.3, -0.25) is 18.2 Å². The number of halogens is 1. The number of anilines is 2. The number of aliphatic hydroxyl groups is 2. The summed E-state index contributed by atoms with van der Waals surface area (Å²) in [4.78, 5) is 108. The van der Waals surface area contributed by atoms with Gasteiger partial charge in [0.1, 0.15) is 30.2 Å². The van der Waals surface area contributed by atoms with Crippen LogP contribution >= 0.6 is 46.9 Å². The highest BCUT2D eigenvalue weighted by atomic mass is 31.3. The molecule has 4 heterocycles. The van der Waals surface area contributed by atoms with Crippen molar-refractivity contribution in [1.82, 2.24) is 24.5 Å². The zero-order valence-electron chi connectivity index (χ0n) is 32.9. The number of hydrazine groups is 1. The fourth-order valence-corrected chi connectivity index (χ4v) is 12.6. The van der Waals surface area contributed by atoms with E-state index < -0.39 is 130 Å². The third-order valence-electron chi connectivity index (χ3n) is 8.74. The molecule has 2 aromatic rings. The van der Waals surface area contributed by atoms with Crippen LogP contribution < -0.4 is 33.7 Å². The third kappa shape index (κ3) is 12.8. The van der Waals surface area contributed by atoms with E-state index in [2.05, 4.69) is 48.5 Å². The summed E-state index contributed by atoms with van der Waals surface area (Å²) < 4.78 is 123. The van der Waals surface area contributed by atoms with Gasteiger partial charge < -0.3 is 75.7 Å². The number of phosphoric ester groups is 2. The zero-order chi connectivity index (χ0) is 50.6. The van der Waals surface area contributed by atoms with Crippen molar-refractivity contribution < 1.29 is 117 Å². The molecule has 41 heteroatoms. The smallest absolute Gasteiger partial charge is 0.387 e. The van der Waals surface area contributed by atoms with Crippen LogP contribution in [0.5, 0.6) is 0 Å². The maximum Gasteiger partial charge on any atom is 0.490 e. The predicted molar refractivity (Wildman–Crippen MR) is 209 cm³/mol. The molecule has 6 unspecified atom stereocenters. The van der Waals surface area contributed by atoms with Crippen LogP contribution in [0.4, 0.5) is 16.0 Å². The van der Waals surface area contributed by atoms with E-state index in [1.165, 1.54) is 6.92 Å². The van der Waals surface area contributed by atoms with Crippen LogP contribution in [0.3, 0.4) is 0 Å². The molecule has 0 aromatic carbocycles. The van der Waals surface area contributed by atoms with E-state index in [0.717, 1.165) is 19.9 Å². The summed E-state index contributed by atoms with van der Waals surface area (Å²) in [5.74, 6) is 0.989. The summed E-state index contributed by atoms with van der Waals surface area (Å²) in [5, 5.41) is 22.7. The number of terminal acetylenes is 2. The minimum atomic E-state index is -6.05. The highest BCUT2D eigenvalue weighted by Gasteiger charge is 2.61. The fraction of sp³-hybridized carbons (Fsp3) is 0.520. The number of phosphoric acid groups is 6. The second-order valence-corrected chi connectivity index (χ2v) is 22.3. The van der Waals surface area contributed by atoms with Crippen LogP contribution in [0.25, 0.3) is 0 Å². The Morgan fingerprint density at radius 3 is 1.70 bits per heavy atom. The molecule has 2 aliphatic rings. The Kier molecular flexibility index (Phi) is 16.3. The van der Waals surface area contributed by atoms with E-state index in [1.54, 1.807) is 0 Å². The number of hydrogen-bond donors (Lipinski definition) is 14. The van der Waals surface area contributed by atoms with Crippen molar-refractivity contribution >= 4 is 58.6 Å². The van der Waals surface area contributed by atoms with Crippen molar-refractivity contribution in [1.29, 1.82) is 0 Å². The molecule has 0 bridgehead atoms. The van der Waals surface area contributed by atoms with Crippen LogP contribution in [0.1, 0.15) is 32.0 Å². The number of ether oxygens (including phenoxy) is 2. The maximum absolute atomic E-state index is 15.9. The van der Waals surface area contributed by atoms with Gasteiger partial charge in [0.05, 0.1) is 18.4 Å². The number of nitrogens with two attached hydrogens (primary N) is 2. The molecule has 0 amide bonds. The van der Waals surface area contributed by atoms with Gasteiger partial charge in [-0.1, -0.05) is 11.8 Å². The van der Waals surface area contributed by atoms with Gasteiger partial charge in [0.2, 0.25) is 0 Å². The van der Waals surface area contributed by atoms with Crippen molar-refractivity contribution in [2.45, 2.75) is 80.9 Å². The van der Waals surface area contributed by atoms with Gasteiger partial charge in [-0.25, -0.2) is 46.8 Å². The SMILES string of the molecule is C#CC1(N)[C@@H](O)[C@@H]([C@@H](C)OP(=O)(O)OP(=O)(O)OP(=O)(O)O)O[C@H]1n1cc(F)c(NNC2(C#C)[C@@H](O)[C@@H]([C@H](C)OP(=O)(O)OP(=O)(O)OP(=O)(O)O)O[C@H]2n2c(C)cc(N)nc2=O)nc1=O. The molecule has 2 aromatic heterocycles. The first-order valence-corrected chi connectivity index (χ1v) is 26.1. The van der Waals surface area contributed by atoms with Crippen molar-refractivity contribution in [2.75, 3.05) is 11.2 Å². The van der Waals surface area contributed by atoms with E-state index in [4.69, 9.17) is 57.9 Å². The number of rotatable bonds is 19. The van der Waals surface area contributed by atoms with Crippen molar-refractivity contribution in [3.8, 4) is 24.7 Å². The first-order valence-electron chi connectivity index (χ1n) is 17.1. The third-order valence-corrected chi connectivity index (χ3v) is 16.6. The number of nitrogen functional groups attached to an aromatic ring is 1. The first-order chi connectivity index (χ1) is 29.8. The predicted octanol–water partition coefficient (Wildman–Crippen LogP) is -2.87. The highest BCUT2D eigenvalue weighted by Crippen LogP contribution is 2.68.